The van der Waals surface area contributed by atoms with Crippen molar-refractivity contribution in [3.8, 4) is 0 Å². The molecule has 3 N–H and O–H groups in total. The minimum atomic E-state index is -0.0516. The molecule has 0 aromatic rings. The van der Waals surface area contributed by atoms with Gasteiger partial charge in [0, 0.05) is 26.1 Å². The zero-order chi connectivity index (χ0) is 12.0. The van der Waals surface area contributed by atoms with Gasteiger partial charge in [-0.1, -0.05) is 0 Å². The van der Waals surface area contributed by atoms with E-state index in [0.717, 1.165) is 32.2 Å². The summed E-state index contributed by atoms with van der Waals surface area (Å²) in [5, 5.41) is 2.96. The van der Waals surface area contributed by atoms with Gasteiger partial charge in [0.15, 0.2) is 0 Å². The summed E-state index contributed by atoms with van der Waals surface area (Å²) in [5.41, 5.74) is 5.56. The molecule has 0 aromatic heterocycles. The van der Waals surface area contributed by atoms with E-state index in [2.05, 4.69) is 5.32 Å². The third-order valence-corrected chi connectivity index (χ3v) is 3.22. The first kappa shape index (κ1) is 16.7. The van der Waals surface area contributed by atoms with Crippen LogP contribution in [0.25, 0.3) is 0 Å². The molecule has 1 rings (SSSR count). The Morgan fingerprint density at radius 3 is 2.47 bits per heavy atom. The molecule has 0 aromatic carbocycles. The monoisotopic (exact) mass is 264 g/mol. The van der Waals surface area contributed by atoms with Crippen LogP contribution in [0.3, 0.4) is 0 Å². The van der Waals surface area contributed by atoms with Gasteiger partial charge in [0.1, 0.15) is 0 Å². The second-order valence-corrected chi connectivity index (χ2v) is 4.86. The number of methoxy groups -OCH3 is 1. The van der Waals surface area contributed by atoms with Crippen molar-refractivity contribution in [3.63, 3.8) is 0 Å². The SMILES string of the molecule is COC1CCC(CNC(=O)CC(C)N)CC1.Cl. The average Bonchev–Trinajstić information content (AvgIpc) is 2.26. The van der Waals surface area contributed by atoms with E-state index in [9.17, 15) is 4.79 Å². The van der Waals surface area contributed by atoms with Crippen LogP contribution in [0.5, 0.6) is 0 Å². The molecule has 0 spiro atoms. The molecular weight excluding hydrogens is 240 g/mol. The molecule has 0 bridgehead atoms. The fourth-order valence-electron chi connectivity index (χ4n) is 2.19. The third-order valence-electron chi connectivity index (χ3n) is 3.22. The number of hydrogen-bond donors (Lipinski definition) is 2. The summed E-state index contributed by atoms with van der Waals surface area (Å²) in [5.74, 6) is 0.687. The van der Waals surface area contributed by atoms with Crippen molar-refractivity contribution in [1.29, 1.82) is 0 Å². The quantitative estimate of drug-likeness (QED) is 0.790. The Labute approximate surface area is 110 Å². The molecule has 1 aliphatic carbocycles. The van der Waals surface area contributed by atoms with Gasteiger partial charge in [-0.2, -0.15) is 0 Å². The van der Waals surface area contributed by atoms with Gasteiger partial charge in [0.2, 0.25) is 5.91 Å². The molecule has 17 heavy (non-hydrogen) atoms. The van der Waals surface area contributed by atoms with Gasteiger partial charge in [0.25, 0.3) is 0 Å². The molecule has 4 nitrogen and oxygen atoms in total. The lowest BCUT2D eigenvalue weighted by Gasteiger charge is -2.27. The first-order valence-corrected chi connectivity index (χ1v) is 6.17. The van der Waals surface area contributed by atoms with Crippen molar-refractivity contribution >= 4 is 18.3 Å². The van der Waals surface area contributed by atoms with Gasteiger partial charge < -0.3 is 15.8 Å². The Bertz CT molecular complexity index is 217. The molecule has 1 atom stereocenters. The van der Waals surface area contributed by atoms with Crippen molar-refractivity contribution in [3.05, 3.63) is 0 Å². The predicted molar refractivity (Wildman–Crippen MR) is 71.3 cm³/mol. The van der Waals surface area contributed by atoms with Crippen LogP contribution in [-0.4, -0.2) is 31.7 Å². The molecule has 102 valence electrons. The van der Waals surface area contributed by atoms with Crippen LogP contribution >= 0.6 is 12.4 Å². The van der Waals surface area contributed by atoms with Crippen LogP contribution in [0.4, 0.5) is 0 Å². The number of ether oxygens (including phenoxy) is 1. The van der Waals surface area contributed by atoms with E-state index in [1.54, 1.807) is 7.11 Å². The lowest BCUT2D eigenvalue weighted by Crippen LogP contribution is -2.35. The molecule has 5 heteroatoms. The summed E-state index contributed by atoms with van der Waals surface area (Å²) in [4.78, 5) is 11.4. The van der Waals surface area contributed by atoms with Crippen LogP contribution in [0.15, 0.2) is 0 Å². The molecule has 1 aliphatic rings. The number of amides is 1. The first-order valence-electron chi connectivity index (χ1n) is 6.17. The lowest BCUT2D eigenvalue weighted by atomic mass is 9.87. The van der Waals surface area contributed by atoms with Crippen LogP contribution in [0, 0.1) is 5.92 Å². The number of carbonyl (C=O) groups is 1. The summed E-state index contributed by atoms with van der Waals surface area (Å²) in [6.45, 7) is 2.64. The summed E-state index contributed by atoms with van der Waals surface area (Å²) in [6, 6.07) is -0.0516. The van der Waals surface area contributed by atoms with Gasteiger partial charge in [-0.25, -0.2) is 0 Å². The maximum absolute atomic E-state index is 11.4. The highest BCUT2D eigenvalue weighted by molar-refractivity contribution is 5.85. The minimum Gasteiger partial charge on any atom is -0.381 e. The van der Waals surface area contributed by atoms with E-state index in [1.807, 2.05) is 6.92 Å². The van der Waals surface area contributed by atoms with Crippen molar-refractivity contribution in [2.45, 2.75) is 51.2 Å². The Morgan fingerprint density at radius 2 is 2.00 bits per heavy atom. The maximum atomic E-state index is 11.4. The Morgan fingerprint density at radius 1 is 1.41 bits per heavy atom. The number of rotatable bonds is 5. The number of hydrogen-bond acceptors (Lipinski definition) is 3. The highest BCUT2D eigenvalue weighted by Crippen LogP contribution is 2.25. The maximum Gasteiger partial charge on any atom is 0.221 e. The molecule has 1 saturated carbocycles. The van der Waals surface area contributed by atoms with E-state index in [-0.39, 0.29) is 24.4 Å². The molecule has 1 fully saturated rings. The standard InChI is InChI=1S/C12H24N2O2.ClH/c1-9(13)7-12(15)14-8-10-3-5-11(16-2)6-4-10;/h9-11H,3-8,13H2,1-2H3,(H,14,15);1H. The minimum absolute atomic E-state index is 0. The van der Waals surface area contributed by atoms with Gasteiger partial charge in [0.05, 0.1) is 6.10 Å². The lowest BCUT2D eigenvalue weighted by molar-refractivity contribution is -0.121. The van der Waals surface area contributed by atoms with Crippen LogP contribution in [0.2, 0.25) is 0 Å². The normalized spacial score (nSPS) is 25.8. The van der Waals surface area contributed by atoms with Crippen LogP contribution < -0.4 is 11.1 Å². The largest absolute Gasteiger partial charge is 0.381 e. The average molecular weight is 265 g/mol. The van der Waals surface area contributed by atoms with Crippen LogP contribution in [-0.2, 0) is 9.53 Å². The molecular formula is C12H25ClN2O2. The molecule has 1 unspecified atom stereocenters. The highest BCUT2D eigenvalue weighted by atomic mass is 35.5. The van der Waals surface area contributed by atoms with E-state index in [0.29, 0.717) is 18.4 Å². The molecule has 0 radical (unpaired) electrons. The summed E-state index contributed by atoms with van der Waals surface area (Å²) in [7, 11) is 1.77. The summed E-state index contributed by atoms with van der Waals surface area (Å²) >= 11 is 0. The third kappa shape index (κ3) is 6.86. The second-order valence-electron chi connectivity index (χ2n) is 4.86. The van der Waals surface area contributed by atoms with Crippen molar-refractivity contribution < 1.29 is 9.53 Å². The number of nitrogens with two attached hydrogens (primary N) is 1. The van der Waals surface area contributed by atoms with E-state index in [4.69, 9.17) is 10.5 Å². The Balaban J connectivity index is 0.00000256. The molecule has 0 saturated heterocycles. The highest BCUT2D eigenvalue weighted by Gasteiger charge is 2.21. The van der Waals surface area contributed by atoms with Crippen molar-refractivity contribution in [2.24, 2.45) is 11.7 Å². The van der Waals surface area contributed by atoms with Crippen molar-refractivity contribution in [1.82, 2.24) is 5.32 Å². The van der Waals surface area contributed by atoms with E-state index < -0.39 is 0 Å². The van der Waals surface area contributed by atoms with Gasteiger partial charge >= 0.3 is 0 Å². The summed E-state index contributed by atoms with van der Waals surface area (Å²) in [6.07, 6.45) is 5.38. The van der Waals surface area contributed by atoms with Gasteiger partial charge in [-0.05, 0) is 38.5 Å². The second kappa shape index (κ2) is 8.72. The molecule has 0 aliphatic heterocycles. The number of nitrogens with one attached hydrogen (secondary N) is 1. The Hall–Kier alpha value is -0.320. The molecule has 0 heterocycles. The summed E-state index contributed by atoms with van der Waals surface area (Å²) < 4.78 is 5.31. The smallest absolute Gasteiger partial charge is 0.221 e. The fourth-order valence-corrected chi connectivity index (χ4v) is 2.19. The first-order chi connectivity index (χ1) is 7.61. The number of carbonyl (C=O) groups excluding carboxylic acids is 1. The van der Waals surface area contributed by atoms with E-state index >= 15 is 0 Å². The van der Waals surface area contributed by atoms with Crippen molar-refractivity contribution in [2.75, 3.05) is 13.7 Å². The zero-order valence-corrected chi connectivity index (χ0v) is 11.6. The fraction of sp³-hybridized carbons (Fsp3) is 0.917. The Kier molecular flexibility index (Phi) is 8.56. The van der Waals surface area contributed by atoms with Gasteiger partial charge in [-0.15, -0.1) is 12.4 Å². The molecule has 1 amide bonds. The zero-order valence-electron chi connectivity index (χ0n) is 10.8. The number of halogens is 1. The van der Waals surface area contributed by atoms with E-state index in [1.165, 1.54) is 0 Å². The van der Waals surface area contributed by atoms with Crippen LogP contribution in [0.1, 0.15) is 39.0 Å². The predicted octanol–water partition coefficient (Wildman–Crippen LogP) is 1.47. The topological polar surface area (TPSA) is 64.3 Å². The van der Waals surface area contributed by atoms with Gasteiger partial charge in [-0.3, -0.25) is 4.79 Å².